The first-order valence-electron chi connectivity index (χ1n) is 8.48. The van der Waals surface area contributed by atoms with Gasteiger partial charge in [-0.2, -0.15) is 0 Å². The molecular weight excluding hydrogens is 379 g/mol. The number of H-pyrrole nitrogens is 1. The number of halogens is 2. The molecule has 0 aliphatic heterocycles. The second-order valence-corrected chi connectivity index (χ2v) is 6.82. The van der Waals surface area contributed by atoms with E-state index in [1.807, 2.05) is 36.0 Å². The van der Waals surface area contributed by atoms with E-state index in [0.29, 0.717) is 5.69 Å². The summed E-state index contributed by atoms with van der Waals surface area (Å²) in [4.78, 5) is 19.5. The molecule has 0 atom stereocenters. The molecule has 0 fully saturated rings. The molecule has 28 heavy (non-hydrogen) atoms. The van der Waals surface area contributed by atoms with Crippen molar-refractivity contribution in [2.24, 2.45) is 7.05 Å². The van der Waals surface area contributed by atoms with Gasteiger partial charge in [-0.25, -0.2) is 9.37 Å². The lowest BCUT2D eigenvalue weighted by atomic mass is 10.1. The van der Waals surface area contributed by atoms with Crippen molar-refractivity contribution in [1.29, 1.82) is 0 Å². The fourth-order valence-corrected chi connectivity index (χ4v) is 3.26. The highest BCUT2D eigenvalue weighted by atomic mass is 35.5. The van der Waals surface area contributed by atoms with Crippen LogP contribution in [0.15, 0.2) is 61.6 Å². The van der Waals surface area contributed by atoms with E-state index in [9.17, 15) is 9.18 Å². The van der Waals surface area contributed by atoms with Crippen LogP contribution in [0.4, 0.5) is 10.1 Å². The van der Waals surface area contributed by atoms with E-state index < -0.39 is 5.82 Å². The molecule has 2 aromatic heterocycles. The van der Waals surface area contributed by atoms with Gasteiger partial charge in [-0.15, -0.1) is 0 Å². The molecule has 2 N–H and O–H groups in total. The number of nitrogens with one attached hydrogen (secondary N) is 2. The molecule has 0 saturated heterocycles. The van der Waals surface area contributed by atoms with Gasteiger partial charge >= 0.3 is 0 Å². The molecule has 0 saturated carbocycles. The lowest BCUT2D eigenvalue weighted by Gasteiger charge is -2.06. The van der Waals surface area contributed by atoms with Gasteiger partial charge in [0.25, 0.3) is 0 Å². The summed E-state index contributed by atoms with van der Waals surface area (Å²) < 4.78 is 15.4. The van der Waals surface area contributed by atoms with Crippen LogP contribution < -0.4 is 5.32 Å². The second-order valence-electron chi connectivity index (χ2n) is 6.42. The van der Waals surface area contributed by atoms with Crippen molar-refractivity contribution in [2.75, 3.05) is 5.32 Å². The summed E-state index contributed by atoms with van der Waals surface area (Å²) in [6.07, 6.45) is 4.82. The molecule has 0 aliphatic carbocycles. The van der Waals surface area contributed by atoms with Crippen molar-refractivity contribution in [3.63, 3.8) is 0 Å². The number of amides is 1. The molecule has 0 unspecified atom stereocenters. The Bertz CT molecular complexity index is 1220. The Labute approximate surface area is 165 Å². The number of imidazole rings is 1. The smallest absolute Gasteiger partial charge is 0.247 e. The monoisotopic (exact) mass is 394 g/mol. The average Bonchev–Trinajstić information content (AvgIpc) is 3.29. The van der Waals surface area contributed by atoms with Crippen LogP contribution in [0.5, 0.6) is 0 Å². The number of aryl methyl sites for hydroxylation is 1. The van der Waals surface area contributed by atoms with Crippen molar-refractivity contribution >= 4 is 34.1 Å². The van der Waals surface area contributed by atoms with Crippen molar-refractivity contribution in [2.45, 2.75) is 0 Å². The first-order chi connectivity index (χ1) is 13.4. The summed E-state index contributed by atoms with van der Waals surface area (Å²) in [7, 11) is 1.89. The molecule has 4 aromatic rings. The van der Waals surface area contributed by atoms with Gasteiger partial charge in [-0.3, -0.25) is 4.79 Å². The number of fused-ring (bicyclic) bond motifs is 1. The van der Waals surface area contributed by atoms with Gasteiger partial charge in [0, 0.05) is 35.6 Å². The van der Waals surface area contributed by atoms with Gasteiger partial charge in [-0.05, 0) is 48.0 Å². The molecule has 2 heterocycles. The number of benzene rings is 2. The highest BCUT2D eigenvalue weighted by Crippen LogP contribution is 2.35. The van der Waals surface area contributed by atoms with E-state index in [4.69, 9.17) is 11.6 Å². The Hall–Kier alpha value is -3.38. The van der Waals surface area contributed by atoms with E-state index in [0.717, 1.165) is 33.4 Å². The van der Waals surface area contributed by atoms with Gasteiger partial charge in [0.15, 0.2) is 0 Å². The molecular formula is C21H16ClFN4O. The van der Waals surface area contributed by atoms with Crippen LogP contribution in [0.25, 0.3) is 33.4 Å². The summed E-state index contributed by atoms with van der Waals surface area (Å²) in [5, 5.41) is 3.72. The van der Waals surface area contributed by atoms with Crippen LogP contribution in [-0.2, 0) is 11.8 Å². The van der Waals surface area contributed by atoms with E-state index in [-0.39, 0.29) is 10.9 Å². The van der Waals surface area contributed by atoms with Crippen LogP contribution in [0.2, 0.25) is 5.02 Å². The molecule has 0 aliphatic rings. The fraction of sp³-hybridized carbons (Fsp3) is 0.0476. The number of carbonyl (C=O) groups excluding carboxylic acids is 1. The normalized spacial score (nSPS) is 11.0. The first-order valence-corrected chi connectivity index (χ1v) is 8.86. The minimum Gasteiger partial charge on any atom is -0.354 e. The van der Waals surface area contributed by atoms with Crippen LogP contribution in [0.1, 0.15) is 0 Å². The Morgan fingerprint density at radius 3 is 2.82 bits per heavy atom. The lowest BCUT2D eigenvalue weighted by Crippen LogP contribution is -2.07. The third kappa shape index (κ3) is 3.30. The standard InChI is InChI=1S/C21H16ClFN4O/c1-3-20(28)25-14-6-13-8-18(12-4-5-17(23)16(22)7-12)26-21(13)15(9-14)19-10-27(2)11-24-19/h3-11,26H,1H2,2H3,(H,25,28). The molecule has 5 nitrogen and oxygen atoms in total. The predicted octanol–water partition coefficient (Wildman–Crippen LogP) is 5.15. The van der Waals surface area contributed by atoms with Crippen LogP contribution in [0.3, 0.4) is 0 Å². The van der Waals surface area contributed by atoms with Gasteiger partial charge < -0.3 is 14.9 Å². The van der Waals surface area contributed by atoms with Crippen molar-refractivity contribution in [1.82, 2.24) is 14.5 Å². The SMILES string of the molecule is C=CC(=O)Nc1cc(-c2cn(C)cn2)c2[nH]c(-c3ccc(F)c(Cl)c3)cc2c1. The van der Waals surface area contributed by atoms with Gasteiger partial charge in [0.1, 0.15) is 5.82 Å². The topological polar surface area (TPSA) is 62.7 Å². The highest BCUT2D eigenvalue weighted by molar-refractivity contribution is 6.31. The Morgan fingerprint density at radius 2 is 2.14 bits per heavy atom. The number of nitrogens with zero attached hydrogens (tertiary/aromatic N) is 2. The van der Waals surface area contributed by atoms with Crippen molar-refractivity contribution < 1.29 is 9.18 Å². The number of rotatable bonds is 4. The molecule has 1 amide bonds. The third-order valence-corrected chi connectivity index (χ3v) is 4.68. The van der Waals surface area contributed by atoms with Gasteiger partial charge in [-0.1, -0.05) is 18.2 Å². The quantitative estimate of drug-likeness (QED) is 0.470. The summed E-state index contributed by atoms with van der Waals surface area (Å²) >= 11 is 5.93. The molecule has 140 valence electrons. The summed E-state index contributed by atoms with van der Waals surface area (Å²) in [6, 6.07) is 10.2. The largest absolute Gasteiger partial charge is 0.354 e. The van der Waals surface area contributed by atoms with Crippen LogP contribution in [0, 0.1) is 5.82 Å². The Kier molecular flexibility index (Phi) is 4.49. The zero-order chi connectivity index (χ0) is 19.8. The first kappa shape index (κ1) is 18.0. The predicted molar refractivity (Wildman–Crippen MR) is 110 cm³/mol. The van der Waals surface area contributed by atoms with Gasteiger partial charge in [0.2, 0.25) is 5.91 Å². The van der Waals surface area contributed by atoms with E-state index in [1.165, 1.54) is 12.1 Å². The van der Waals surface area contributed by atoms with Crippen molar-refractivity contribution in [3.8, 4) is 22.5 Å². The van der Waals surface area contributed by atoms with E-state index in [2.05, 4.69) is 21.9 Å². The molecule has 2 aromatic carbocycles. The number of aromatic amines is 1. The number of aromatic nitrogens is 3. The minimum absolute atomic E-state index is 0.0556. The molecule has 0 spiro atoms. The van der Waals surface area contributed by atoms with Crippen LogP contribution >= 0.6 is 11.6 Å². The lowest BCUT2D eigenvalue weighted by molar-refractivity contribution is -0.111. The number of hydrogen-bond donors (Lipinski definition) is 2. The second kappa shape index (κ2) is 6.98. The summed E-state index contributed by atoms with van der Waals surface area (Å²) in [5.41, 5.74) is 4.60. The fourth-order valence-electron chi connectivity index (χ4n) is 3.08. The highest BCUT2D eigenvalue weighted by Gasteiger charge is 2.14. The van der Waals surface area contributed by atoms with Crippen molar-refractivity contribution in [3.05, 3.63) is 72.4 Å². The van der Waals surface area contributed by atoms with Crippen LogP contribution in [-0.4, -0.2) is 20.4 Å². The molecule has 0 bridgehead atoms. The Morgan fingerprint density at radius 1 is 1.32 bits per heavy atom. The zero-order valence-corrected chi connectivity index (χ0v) is 15.7. The molecule has 4 rings (SSSR count). The number of carbonyl (C=O) groups is 1. The average molecular weight is 395 g/mol. The zero-order valence-electron chi connectivity index (χ0n) is 15.0. The maximum Gasteiger partial charge on any atom is 0.247 e. The maximum absolute atomic E-state index is 13.5. The van der Waals surface area contributed by atoms with E-state index in [1.54, 1.807) is 18.5 Å². The summed E-state index contributed by atoms with van der Waals surface area (Å²) in [5.74, 6) is -0.766. The van der Waals surface area contributed by atoms with Gasteiger partial charge in [0.05, 0.1) is 22.6 Å². The maximum atomic E-state index is 13.5. The molecule has 0 radical (unpaired) electrons. The minimum atomic E-state index is -0.467. The third-order valence-electron chi connectivity index (χ3n) is 4.39. The molecule has 7 heteroatoms. The Balaban J connectivity index is 1.91. The number of anilines is 1. The summed E-state index contributed by atoms with van der Waals surface area (Å²) in [6.45, 7) is 3.49. The number of hydrogen-bond acceptors (Lipinski definition) is 2. The van der Waals surface area contributed by atoms with E-state index >= 15 is 0 Å².